The highest BCUT2D eigenvalue weighted by molar-refractivity contribution is 7.85. The number of hydrogen-bond donors (Lipinski definition) is 1. The van der Waals surface area contributed by atoms with Crippen LogP contribution in [0.2, 0.25) is 0 Å². The fraction of sp³-hybridized carbons (Fsp3) is 0.294. The lowest BCUT2D eigenvalue weighted by atomic mass is 9.83. The van der Waals surface area contributed by atoms with Crippen molar-refractivity contribution in [1.29, 1.82) is 0 Å². The van der Waals surface area contributed by atoms with Gasteiger partial charge in [0.2, 0.25) is 11.0 Å². The number of aryl methyl sites for hydroxylation is 1. The molecule has 4 aromatic rings. The summed E-state index contributed by atoms with van der Waals surface area (Å²) in [5, 5.41) is 11.2. The molecule has 7 nitrogen and oxygen atoms in total. The number of hydrogen-bond acceptors (Lipinski definition) is 5. The number of rotatable bonds is 10. The van der Waals surface area contributed by atoms with E-state index in [2.05, 4.69) is 72.7 Å². The molecule has 0 radical (unpaired) electrons. The second-order valence-electron chi connectivity index (χ2n) is 11.2. The third-order valence-electron chi connectivity index (χ3n) is 8.23. The van der Waals surface area contributed by atoms with Gasteiger partial charge < -0.3 is 14.6 Å². The Morgan fingerprint density at radius 2 is 1.62 bits per heavy atom. The summed E-state index contributed by atoms with van der Waals surface area (Å²) in [5.74, 6) is -0.753. The van der Waals surface area contributed by atoms with Crippen LogP contribution in [0, 0.1) is 0 Å². The van der Waals surface area contributed by atoms with E-state index in [4.69, 9.17) is 5.11 Å². The average Bonchev–Trinajstić information content (AvgIpc) is 3.17. The first kappa shape index (κ1) is 29.5. The summed E-state index contributed by atoms with van der Waals surface area (Å²) in [7, 11) is -4.55. The molecule has 1 N–H and O–H groups in total. The Bertz CT molecular complexity index is 1780. The first-order valence-electron chi connectivity index (χ1n) is 14.4. The molecule has 0 saturated heterocycles. The lowest BCUT2D eigenvalue weighted by Crippen LogP contribution is -2.36. The zero-order valence-corrected chi connectivity index (χ0v) is 25.0. The average molecular weight is 585 g/mol. The van der Waals surface area contributed by atoms with Gasteiger partial charge in [-0.15, -0.1) is 0 Å². The van der Waals surface area contributed by atoms with Crippen LogP contribution in [0.4, 0.5) is 5.69 Å². The topological polar surface area (TPSA) is 102 Å². The maximum atomic E-state index is 11.7. The van der Waals surface area contributed by atoms with Gasteiger partial charge in [-0.25, -0.2) is 8.42 Å². The highest BCUT2D eigenvalue weighted by Crippen LogP contribution is 2.48. The van der Waals surface area contributed by atoms with Crippen LogP contribution in [0.15, 0.2) is 89.5 Å². The van der Waals surface area contributed by atoms with Crippen LogP contribution in [0.5, 0.6) is 0 Å². The summed E-state index contributed by atoms with van der Waals surface area (Å²) in [6.45, 7) is 7.65. The maximum absolute atomic E-state index is 11.7. The Balaban J connectivity index is 1.55. The number of aliphatic carboxylic acids is 1. The molecule has 0 saturated carbocycles. The molecule has 0 spiro atoms. The number of carboxylic acids is 1. The van der Waals surface area contributed by atoms with E-state index >= 15 is 0 Å². The minimum Gasteiger partial charge on any atom is -0.744 e. The number of carbonyl (C=O) groups is 1. The van der Waals surface area contributed by atoms with Crippen molar-refractivity contribution in [2.24, 2.45) is 0 Å². The van der Waals surface area contributed by atoms with Crippen LogP contribution < -0.4 is 9.47 Å². The van der Waals surface area contributed by atoms with Crippen molar-refractivity contribution in [3.63, 3.8) is 0 Å². The Labute approximate surface area is 247 Å². The van der Waals surface area contributed by atoms with Crippen LogP contribution in [0.25, 0.3) is 27.9 Å². The van der Waals surface area contributed by atoms with Gasteiger partial charge in [0.25, 0.3) is 0 Å². The van der Waals surface area contributed by atoms with Crippen molar-refractivity contribution in [3.05, 3.63) is 95.7 Å². The third-order valence-corrected chi connectivity index (χ3v) is 9.06. The maximum Gasteiger partial charge on any atom is 0.303 e. The molecule has 1 aromatic heterocycles. The number of pyridine rings is 1. The Morgan fingerprint density at radius 3 is 2.21 bits per heavy atom. The fourth-order valence-corrected chi connectivity index (χ4v) is 6.67. The molecule has 0 fully saturated rings. The molecule has 3 aromatic carbocycles. The van der Waals surface area contributed by atoms with E-state index in [1.165, 1.54) is 12.1 Å². The van der Waals surface area contributed by atoms with Gasteiger partial charge in [-0.1, -0.05) is 50.3 Å². The minimum absolute atomic E-state index is 0.196. The van der Waals surface area contributed by atoms with Crippen molar-refractivity contribution < 1.29 is 27.4 Å². The number of aromatic nitrogens is 1. The smallest absolute Gasteiger partial charge is 0.303 e. The predicted molar refractivity (Wildman–Crippen MR) is 165 cm³/mol. The summed E-state index contributed by atoms with van der Waals surface area (Å²) in [6.07, 6.45) is 8.89. The Morgan fingerprint density at radius 1 is 0.976 bits per heavy atom. The van der Waals surface area contributed by atoms with Crippen molar-refractivity contribution in [3.8, 4) is 0 Å². The van der Waals surface area contributed by atoms with Gasteiger partial charge in [-0.2, -0.15) is 4.57 Å². The summed E-state index contributed by atoms with van der Waals surface area (Å²) >= 11 is 0. The summed E-state index contributed by atoms with van der Waals surface area (Å²) in [4.78, 5) is 12.9. The van der Waals surface area contributed by atoms with Gasteiger partial charge in [0.15, 0.2) is 0 Å². The van der Waals surface area contributed by atoms with E-state index in [1.54, 1.807) is 6.07 Å². The first-order chi connectivity index (χ1) is 20.0. The number of anilines is 1. The molecular weight excluding hydrogens is 548 g/mol. The molecule has 0 unspecified atom stereocenters. The van der Waals surface area contributed by atoms with Crippen LogP contribution in [0.1, 0.15) is 57.6 Å². The van der Waals surface area contributed by atoms with Gasteiger partial charge in [0.05, 0.1) is 15.7 Å². The number of unbranched alkanes of at least 4 members (excludes halogenated alkanes) is 2. The number of fused-ring (bicyclic) bond motifs is 3. The van der Waals surface area contributed by atoms with Crippen molar-refractivity contribution in [2.75, 3.05) is 11.4 Å². The number of nitrogens with zero attached hydrogens (tertiary/aromatic N) is 2. The minimum atomic E-state index is -4.55. The van der Waals surface area contributed by atoms with Crippen LogP contribution in [0.3, 0.4) is 0 Å². The van der Waals surface area contributed by atoms with Gasteiger partial charge in [-0.3, -0.25) is 4.79 Å². The number of likely N-dealkylation sites (N-methyl/N-ethyl adjacent to an activating group) is 1. The van der Waals surface area contributed by atoms with E-state index < -0.39 is 21.5 Å². The molecule has 0 bridgehead atoms. The van der Waals surface area contributed by atoms with Gasteiger partial charge >= 0.3 is 5.97 Å². The highest BCUT2D eigenvalue weighted by atomic mass is 32.2. The molecule has 218 valence electrons. The second-order valence-corrected chi connectivity index (χ2v) is 12.6. The Kier molecular flexibility index (Phi) is 8.21. The zero-order valence-electron chi connectivity index (χ0n) is 24.2. The number of carboxylic acid groups (broad SMARTS) is 1. The van der Waals surface area contributed by atoms with Gasteiger partial charge in [0.1, 0.15) is 16.7 Å². The molecule has 1 aliphatic rings. The molecule has 0 aliphatic carbocycles. The van der Waals surface area contributed by atoms with E-state index in [0.29, 0.717) is 13.0 Å². The normalized spacial score (nSPS) is 15.7. The predicted octanol–water partition coefficient (Wildman–Crippen LogP) is 6.54. The summed E-state index contributed by atoms with van der Waals surface area (Å²) < 4.78 is 37.5. The second kappa shape index (κ2) is 11.7. The van der Waals surface area contributed by atoms with Gasteiger partial charge in [0, 0.05) is 53.9 Å². The van der Waals surface area contributed by atoms with E-state index in [1.807, 2.05) is 24.3 Å². The van der Waals surface area contributed by atoms with Crippen LogP contribution in [-0.2, 0) is 26.9 Å². The monoisotopic (exact) mass is 584 g/mol. The molecule has 5 rings (SSSR count). The molecule has 0 amide bonds. The molecule has 8 heteroatoms. The Hall–Kier alpha value is -4.01. The zero-order chi connectivity index (χ0) is 30.1. The molecular formula is C34H36N2O5S. The van der Waals surface area contributed by atoms with Crippen molar-refractivity contribution >= 4 is 49.7 Å². The lowest BCUT2D eigenvalue weighted by molar-refractivity contribution is -0.645. The fourth-order valence-electron chi connectivity index (χ4n) is 6.18. The summed E-state index contributed by atoms with van der Waals surface area (Å²) in [5.41, 5.74) is 5.61. The van der Waals surface area contributed by atoms with Crippen LogP contribution in [-0.4, -0.2) is 30.6 Å². The lowest BCUT2D eigenvalue weighted by Gasteiger charge is -2.25. The quantitative estimate of drug-likeness (QED) is 0.0983. The molecule has 1 aliphatic heterocycles. The molecule has 42 heavy (non-hydrogen) atoms. The SMILES string of the molecule is CCN1/C(=C\C=C\c2c3ccccc3[n+](CCCCCC(=O)O)c3ccccc23)C(C)(C)c2cc(S(=O)(=O)[O-])ccc21. The van der Waals surface area contributed by atoms with E-state index in [9.17, 15) is 17.8 Å². The standard InChI is InChI=1S/C34H36N2O5S/c1-4-35-31-21-20-24(42(39,40)41)23-28(31)34(2,3)32(35)18-12-15-25-26-13-7-9-16-29(26)36(22-11-5-6-19-33(37)38)30-17-10-8-14-27(25)30/h7-10,12-18,20-21,23H,4-6,11,19,22H2,1-3H3,(H-,37,38,39,40,41). The number of benzene rings is 3. The summed E-state index contributed by atoms with van der Waals surface area (Å²) in [6, 6.07) is 21.3. The third kappa shape index (κ3) is 5.56. The molecule has 2 heterocycles. The van der Waals surface area contributed by atoms with E-state index in [0.717, 1.165) is 63.7 Å². The van der Waals surface area contributed by atoms with Gasteiger partial charge in [-0.05, 0) is 61.7 Å². The van der Waals surface area contributed by atoms with Crippen molar-refractivity contribution in [1.82, 2.24) is 0 Å². The largest absolute Gasteiger partial charge is 0.744 e. The number of allylic oxidation sites excluding steroid dienone is 3. The van der Waals surface area contributed by atoms with E-state index in [-0.39, 0.29) is 11.3 Å². The molecule has 0 atom stereocenters. The van der Waals surface area contributed by atoms with Crippen LogP contribution >= 0.6 is 0 Å². The first-order valence-corrected chi connectivity index (χ1v) is 15.8. The number of para-hydroxylation sites is 2. The highest BCUT2D eigenvalue weighted by Gasteiger charge is 2.39. The van der Waals surface area contributed by atoms with Crippen molar-refractivity contribution in [2.45, 2.75) is 63.3 Å².